The van der Waals surface area contributed by atoms with Crippen LogP contribution in [0, 0.1) is 5.41 Å². The Morgan fingerprint density at radius 2 is 1.68 bits per heavy atom. The van der Waals surface area contributed by atoms with Crippen LogP contribution >= 0.6 is 0 Å². The van der Waals surface area contributed by atoms with Crippen LogP contribution in [0.25, 0.3) is 0 Å². The van der Waals surface area contributed by atoms with Gasteiger partial charge in [0.25, 0.3) is 0 Å². The molecule has 5 heteroatoms. The fourth-order valence-electron chi connectivity index (χ4n) is 4.20. The first-order valence-corrected chi connectivity index (χ1v) is 8.71. The normalized spacial score (nSPS) is 27.0. The lowest BCUT2D eigenvalue weighted by Gasteiger charge is -2.44. The average Bonchev–Trinajstić information content (AvgIpc) is 2.68. The summed E-state index contributed by atoms with van der Waals surface area (Å²) in [5.74, 6) is -0.793. The number of rotatable bonds is 3. The van der Waals surface area contributed by atoms with Gasteiger partial charge in [-0.3, -0.25) is 9.59 Å². The van der Waals surface area contributed by atoms with Gasteiger partial charge in [-0.25, -0.2) is 0 Å². The molecule has 1 N–H and O–H groups in total. The first-order chi connectivity index (χ1) is 10.6. The van der Waals surface area contributed by atoms with Gasteiger partial charge in [0.05, 0.1) is 17.6 Å². The Bertz CT molecular complexity index is 436. The van der Waals surface area contributed by atoms with E-state index >= 15 is 0 Å². The summed E-state index contributed by atoms with van der Waals surface area (Å²) in [5, 5.41) is 9.41. The van der Waals surface area contributed by atoms with Crippen LogP contribution in [0.15, 0.2) is 0 Å². The van der Waals surface area contributed by atoms with E-state index in [2.05, 4.69) is 0 Å². The zero-order valence-electron chi connectivity index (χ0n) is 13.3. The molecule has 3 fully saturated rings. The Labute approximate surface area is 132 Å². The smallest absolute Gasteiger partial charge is 0.310 e. The second kappa shape index (κ2) is 6.19. The summed E-state index contributed by atoms with van der Waals surface area (Å²) < 4.78 is 6.07. The molecule has 0 aromatic rings. The van der Waals surface area contributed by atoms with Crippen LogP contribution in [0.5, 0.6) is 0 Å². The van der Waals surface area contributed by atoms with Gasteiger partial charge in [0.1, 0.15) is 0 Å². The minimum Gasteiger partial charge on any atom is -0.481 e. The maximum absolute atomic E-state index is 12.6. The highest BCUT2D eigenvalue weighted by Crippen LogP contribution is 2.45. The Kier molecular flexibility index (Phi) is 4.44. The van der Waals surface area contributed by atoms with Gasteiger partial charge in [-0.15, -0.1) is 0 Å². The molecule has 0 radical (unpaired) electrons. The van der Waals surface area contributed by atoms with Crippen LogP contribution in [0.3, 0.4) is 0 Å². The van der Waals surface area contributed by atoms with Gasteiger partial charge in [0, 0.05) is 19.5 Å². The lowest BCUT2D eigenvalue weighted by atomic mass is 9.66. The highest BCUT2D eigenvalue weighted by atomic mass is 16.5. The molecular formula is C17H27NO4. The third-order valence-corrected chi connectivity index (χ3v) is 5.87. The van der Waals surface area contributed by atoms with Gasteiger partial charge in [-0.2, -0.15) is 0 Å². The van der Waals surface area contributed by atoms with E-state index in [0.29, 0.717) is 32.5 Å². The zero-order chi connectivity index (χ0) is 15.6. The predicted octanol–water partition coefficient (Wildman–Crippen LogP) is 2.58. The third kappa shape index (κ3) is 3.00. The summed E-state index contributed by atoms with van der Waals surface area (Å²) in [4.78, 5) is 26.0. The van der Waals surface area contributed by atoms with E-state index in [1.54, 1.807) is 0 Å². The summed E-state index contributed by atoms with van der Waals surface area (Å²) in [6.45, 7) is 1.85. The van der Waals surface area contributed by atoms with E-state index < -0.39 is 11.4 Å². The van der Waals surface area contributed by atoms with Crippen molar-refractivity contribution in [2.24, 2.45) is 5.41 Å². The lowest BCUT2D eigenvalue weighted by Crippen LogP contribution is -2.55. The van der Waals surface area contributed by atoms with Crippen molar-refractivity contribution in [1.82, 2.24) is 4.90 Å². The van der Waals surface area contributed by atoms with Gasteiger partial charge in [-0.05, 0) is 25.7 Å². The van der Waals surface area contributed by atoms with Crippen molar-refractivity contribution in [3.63, 3.8) is 0 Å². The van der Waals surface area contributed by atoms with Crippen LogP contribution in [0.2, 0.25) is 0 Å². The molecule has 3 rings (SSSR count). The first-order valence-electron chi connectivity index (χ1n) is 8.71. The molecule has 2 saturated carbocycles. The molecule has 5 nitrogen and oxygen atoms in total. The van der Waals surface area contributed by atoms with E-state index in [1.807, 2.05) is 4.90 Å². The van der Waals surface area contributed by atoms with Gasteiger partial charge < -0.3 is 14.7 Å². The molecule has 0 unspecified atom stereocenters. The minimum atomic E-state index is -0.801. The highest BCUT2D eigenvalue weighted by Gasteiger charge is 2.47. The Morgan fingerprint density at radius 1 is 1.00 bits per heavy atom. The first kappa shape index (κ1) is 15.8. The number of hydrogen-bond acceptors (Lipinski definition) is 3. The van der Waals surface area contributed by atoms with Crippen molar-refractivity contribution < 1.29 is 19.4 Å². The predicted molar refractivity (Wildman–Crippen MR) is 81.5 cm³/mol. The molecule has 1 amide bonds. The van der Waals surface area contributed by atoms with Crippen molar-refractivity contribution >= 4 is 11.9 Å². The number of hydrogen-bond donors (Lipinski definition) is 1. The summed E-state index contributed by atoms with van der Waals surface area (Å²) in [6.07, 6.45) is 9.27. The van der Waals surface area contributed by atoms with Gasteiger partial charge in [0.15, 0.2) is 0 Å². The number of carbonyl (C=O) groups is 2. The van der Waals surface area contributed by atoms with Crippen LogP contribution in [0.4, 0.5) is 0 Å². The molecule has 1 spiro atoms. The fraction of sp³-hybridized carbons (Fsp3) is 0.882. The summed E-state index contributed by atoms with van der Waals surface area (Å²) in [7, 11) is 0. The van der Waals surface area contributed by atoms with E-state index in [-0.39, 0.29) is 17.9 Å². The van der Waals surface area contributed by atoms with Gasteiger partial charge >= 0.3 is 5.97 Å². The van der Waals surface area contributed by atoms with Crippen molar-refractivity contribution in [3.05, 3.63) is 0 Å². The zero-order valence-corrected chi connectivity index (χ0v) is 13.3. The number of carboxylic acid groups (broad SMARTS) is 1. The SMILES string of the molecule is O=C(CC1(C(=O)O)CCC1)N1CCOC2(CCCCCC2)C1. The largest absolute Gasteiger partial charge is 0.481 e. The molecule has 124 valence electrons. The molecule has 0 aromatic heterocycles. The fourth-order valence-corrected chi connectivity index (χ4v) is 4.20. The number of carboxylic acids is 1. The van der Waals surface area contributed by atoms with Gasteiger partial charge in [0.2, 0.25) is 5.91 Å². The monoisotopic (exact) mass is 309 g/mol. The van der Waals surface area contributed by atoms with Crippen LogP contribution in [-0.4, -0.2) is 47.2 Å². The number of morpholine rings is 1. The van der Waals surface area contributed by atoms with E-state index in [4.69, 9.17) is 4.74 Å². The lowest BCUT2D eigenvalue weighted by molar-refractivity contribution is -0.165. The maximum atomic E-state index is 12.6. The molecule has 0 bridgehead atoms. The van der Waals surface area contributed by atoms with Crippen LogP contribution in [0.1, 0.15) is 64.2 Å². The molecular weight excluding hydrogens is 282 g/mol. The van der Waals surface area contributed by atoms with E-state index in [9.17, 15) is 14.7 Å². The molecule has 2 aliphatic carbocycles. The molecule has 1 aliphatic heterocycles. The van der Waals surface area contributed by atoms with E-state index in [1.165, 1.54) is 25.7 Å². The highest BCUT2D eigenvalue weighted by molar-refractivity contribution is 5.85. The van der Waals surface area contributed by atoms with Crippen molar-refractivity contribution in [2.75, 3.05) is 19.7 Å². The van der Waals surface area contributed by atoms with Crippen LogP contribution < -0.4 is 0 Å². The van der Waals surface area contributed by atoms with Crippen molar-refractivity contribution in [3.8, 4) is 0 Å². The molecule has 0 atom stereocenters. The second-order valence-electron chi connectivity index (χ2n) is 7.38. The van der Waals surface area contributed by atoms with Crippen molar-refractivity contribution in [1.29, 1.82) is 0 Å². The van der Waals surface area contributed by atoms with E-state index in [0.717, 1.165) is 19.3 Å². The summed E-state index contributed by atoms with van der Waals surface area (Å²) in [5.41, 5.74) is -0.952. The Hall–Kier alpha value is -1.10. The molecule has 1 saturated heterocycles. The Balaban J connectivity index is 1.64. The third-order valence-electron chi connectivity index (χ3n) is 5.87. The quantitative estimate of drug-likeness (QED) is 0.870. The Morgan fingerprint density at radius 3 is 2.23 bits per heavy atom. The van der Waals surface area contributed by atoms with Crippen molar-refractivity contribution in [2.45, 2.75) is 69.8 Å². The number of aliphatic carboxylic acids is 1. The number of ether oxygens (including phenoxy) is 1. The maximum Gasteiger partial charge on any atom is 0.310 e. The summed E-state index contributed by atoms with van der Waals surface area (Å²) in [6, 6.07) is 0. The molecule has 0 aromatic carbocycles. The molecule has 22 heavy (non-hydrogen) atoms. The average molecular weight is 309 g/mol. The minimum absolute atomic E-state index is 0.00835. The van der Waals surface area contributed by atoms with Crippen LogP contribution in [-0.2, 0) is 14.3 Å². The topological polar surface area (TPSA) is 66.8 Å². The number of carbonyl (C=O) groups excluding carboxylic acids is 1. The standard InChI is InChI=1S/C17H27NO4/c19-14(12-16(15(20)21)6-5-7-16)18-10-11-22-17(13-18)8-3-1-2-4-9-17/h1-13H2,(H,20,21). The molecule has 3 aliphatic rings. The number of nitrogens with zero attached hydrogens (tertiary/aromatic N) is 1. The van der Waals surface area contributed by atoms with Gasteiger partial charge in [-0.1, -0.05) is 32.1 Å². The molecule has 1 heterocycles. The second-order valence-corrected chi connectivity index (χ2v) is 7.38. The number of amides is 1. The summed E-state index contributed by atoms with van der Waals surface area (Å²) >= 11 is 0.